The third kappa shape index (κ3) is 5.86. The second kappa shape index (κ2) is 13.3. The van der Waals surface area contributed by atoms with E-state index in [1.165, 1.54) is 0 Å². The van der Waals surface area contributed by atoms with Crippen molar-refractivity contribution in [1.29, 1.82) is 0 Å². The van der Waals surface area contributed by atoms with Crippen LogP contribution in [0.25, 0.3) is 66.1 Å². The first kappa shape index (κ1) is 18.3. The summed E-state index contributed by atoms with van der Waals surface area (Å²) >= 11 is 0. The lowest BCUT2D eigenvalue weighted by Gasteiger charge is -2.27. The third-order valence-corrected chi connectivity index (χ3v) is 8.71. The molecule has 0 fully saturated rings. The van der Waals surface area contributed by atoms with Crippen LogP contribution in [0.4, 0.5) is 17.1 Å². The van der Waals surface area contributed by atoms with Crippen LogP contribution in [0.2, 0.25) is 0 Å². The van der Waals surface area contributed by atoms with E-state index in [0.29, 0.717) is 16.7 Å². The van der Waals surface area contributed by atoms with Crippen molar-refractivity contribution in [2.24, 2.45) is 0 Å². The summed E-state index contributed by atoms with van der Waals surface area (Å²) < 4.78 is 139. The molecule has 0 aliphatic heterocycles. The fourth-order valence-corrected chi connectivity index (χ4v) is 6.30. The highest BCUT2D eigenvalue weighted by Crippen LogP contribution is 2.42. The lowest BCUT2D eigenvalue weighted by atomic mass is 9.90. The molecule has 1 heteroatoms. The first-order chi connectivity index (χ1) is 31.6. The van der Waals surface area contributed by atoms with Crippen LogP contribution in [-0.2, 0) is 0 Å². The predicted molar refractivity (Wildman–Crippen MR) is 218 cm³/mol. The Morgan fingerprint density at radius 2 is 0.941 bits per heavy atom. The van der Waals surface area contributed by atoms with Gasteiger partial charge in [-0.2, -0.15) is 0 Å². The molecule has 9 rings (SSSR count). The van der Waals surface area contributed by atoms with Crippen molar-refractivity contribution in [3.05, 3.63) is 212 Å². The zero-order chi connectivity index (χ0) is 47.0. The van der Waals surface area contributed by atoms with Crippen LogP contribution in [-0.4, -0.2) is 0 Å². The molecule has 51 heavy (non-hydrogen) atoms. The average molecular weight is 665 g/mol. The standard InChI is InChI=1S/C50H35N/c1-3-13-36(14-4-1)42-20-11-21-43(35-42)37-25-30-44(31-26-37)51(49-24-12-19-38-15-7-9-22-46(38)49)45-32-27-40(28-33-45)48-34-29-39-16-8-10-23-47(39)50(48)41-17-5-2-6-18-41/h1-35H/i7D,9D,12D,15D,19D,22D,24D,25D,26D,27D,28D,30D,31D,32D,33D. The van der Waals surface area contributed by atoms with E-state index >= 15 is 0 Å². The Morgan fingerprint density at radius 3 is 1.69 bits per heavy atom. The molecule has 0 unspecified atom stereocenters. The van der Waals surface area contributed by atoms with Gasteiger partial charge in [0.15, 0.2) is 0 Å². The molecular formula is C50H35N. The Bertz CT molecular complexity index is 3420. The zero-order valence-corrected chi connectivity index (χ0v) is 27.0. The molecule has 9 aromatic carbocycles. The van der Waals surface area contributed by atoms with Crippen molar-refractivity contribution >= 4 is 38.6 Å². The number of hydrogen-bond donors (Lipinski definition) is 0. The second-order valence-corrected chi connectivity index (χ2v) is 11.8. The Balaban J connectivity index is 1.41. The van der Waals surface area contributed by atoms with Crippen LogP contribution in [0, 0.1) is 0 Å². The highest BCUT2D eigenvalue weighted by Gasteiger charge is 2.17. The number of anilines is 3. The smallest absolute Gasteiger partial charge is 0.0645 e. The third-order valence-electron chi connectivity index (χ3n) is 8.71. The van der Waals surface area contributed by atoms with Gasteiger partial charge in [-0.1, -0.05) is 176 Å². The molecule has 9 aromatic rings. The largest absolute Gasteiger partial charge is 0.310 e. The van der Waals surface area contributed by atoms with Gasteiger partial charge in [-0.05, 0) is 96.9 Å². The van der Waals surface area contributed by atoms with E-state index in [0.717, 1.165) is 32.4 Å². The van der Waals surface area contributed by atoms with Gasteiger partial charge >= 0.3 is 0 Å². The van der Waals surface area contributed by atoms with Gasteiger partial charge in [-0.3, -0.25) is 0 Å². The minimum Gasteiger partial charge on any atom is -0.310 e. The minimum atomic E-state index is -0.865. The van der Waals surface area contributed by atoms with Crippen LogP contribution in [0.15, 0.2) is 212 Å². The Kier molecular flexibility index (Phi) is 4.79. The quantitative estimate of drug-likeness (QED) is 0.164. The molecule has 0 amide bonds. The number of benzene rings is 9. The van der Waals surface area contributed by atoms with E-state index in [1.807, 2.05) is 91.0 Å². The number of fused-ring (bicyclic) bond motifs is 2. The maximum atomic E-state index is 9.72. The maximum Gasteiger partial charge on any atom is 0.0645 e. The van der Waals surface area contributed by atoms with E-state index in [1.54, 1.807) is 30.3 Å². The molecule has 0 saturated carbocycles. The Morgan fingerprint density at radius 1 is 0.353 bits per heavy atom. The number of nitrogens with zero attached hydrogens (tertiary/aromatic N) is 1. The van der Waals surface area contributed by atoms with Crippen molar-refractivity contribution < 1.29 is 20.6 Å². The molecule has 0 bridgehead atoms. The van der Waals surface area contributed by atoms with Gasteiger partial charge < -0.3 is 4.90 Å². The molecule has 0 aliphatic rings. The maximum absolute atomic E-state index is 9.72. The van der Waals surface area contributed by atoms with Gasteiger partial charge in [0, 0.05) is 16.8 Å². The second-order valence-electron chi connectivity index (χ2n) is 11.8. The summed E-state index contributed by atoms with van der Waals surface area (Å²) in [5, 5.41) is 0.562. The van der Waals surface area contributed by atoms with Gasteiger partial charge in [0.2, 0.25) is 0 Å². The molecule has 0 aliphatic carbocycles. The van der Waals surface area contributed by atoms with Crippen LogP contribution >= 0.6 is 0 Å². The van der Waals surface area contributed by atoms with Crippen LogP contribution in [0.1, 0.15) is 20.6 Å². The van der Waals surface area contributed by atoms with Gasteiger partial charge in [-0.15, -0.1) is 0 Å². The molecule has 0 N–H and O–H groups in total. The molecule has 0 saturated heterocycles. The highest BCUT2D eigenvalue weighted by atomic mass is 15.1. The van der Waals surface area contributed by atoms with E-state index in [4.69, 9.17) is 8.22 Å². The summed E-state index contributed by atoms with van der Waals surface area (Å²) in [5.41, 5.74) is 1.28. The average Bonchev–Trinajstić information content (AvgIpc) is 3.33. The van der Waals surface area contributed by atoms with E-state index in [9.17, 15) is 12.3 Å². The lowest BCUT2D eigenvalue weighted by molar-refractivity contribution is 1.30. The molecule has 0 spiro atoms. The molecule has 0 radical (unpaired) electrons. The van der Waals surface area contributed by atoms with Crippen molar-refractivity contribution in [3.8, 4) is 44.5 Å². The molecule has 0 aromatic heterocycles. The fraction of sp³-hybridized carbons (Fsp3) is 0. The summed E-state index contributed by atoms with van der Waals surface area (Å²) in [4.78, 5) is 0.774. The topological polar surface area (TPSA) is 3.24 Å². The van der Waals surface area contributed by atoms with Gasteiger partial charge in [-0.25, -0.2) is 0 Å². The lowest BCUT2D eigenvalue weighted by Crippen LogP contribution is -2.10. The van der Waals surface area contributed by atoms with Gasteiger partial charge in [0.05, 0.1) is 26.2 Å². The summed E-state index contributed by atoms with van der Waals surface area (Å²) in [6.45, 7) is 0. The molecular weight excluding hydrogens is 615 g/mol. The molecule has 1 nitrogen and oxygen atoms in total. The Hall–Kier alpha value is -6.70. The summed E-state index contributed by atoms with van der Waals surface area (Å²) in [7, 11) is 0. The molecule has 0 heterocycles. The minimum absolute atomic E-state index is 0.118. The normalized spacial score (nSPS) is 15.3. The van der Waals surface area contributed by atoms with Crippen molar-refractivity contribution in [2.45, 2.75) is 0 Å². The van der Waals surface area contributed by atoms with Crippen molar-refractivity contribution in [1.82, 2.24) is 0 Å². The highest BCUT2D eigenvalue weighted by molar-refractivity contribution is 6.04. The first-order valence-electron chi connectivity index (χ1n) is 23.8. The summed E-state index contributed by atoms with van der Waals surface area (Å²) in [6, 6.07) is 25.5. The molecule has 240 valence electrons. The van der Waals surface area contributed by atoms with Crippen LogP contribution in [0.5, 0.6) is 0 Å². The zero-order valence-electron chi connectivity index (χ0n) is 42.0. The number of rotatable bonds is 7. The van der Waals surface area contributed by atoms with E-state index in [-0.39, 0.29) is 11.1 Å². The van der Waals surface area contributed by atoms with E-state index < -0.39 is 118 Å². The van der Waals surface area contributed by atoms with Gasteiger partial charge in [0.25, 0.3) is 0 Å². The van der Waals surface area contributed by atoms with Crippen LogP contribution in [0.3, 0.4) is 0 Å². The monoisotopic (exact) mass is 664 g/mol. The molecule has 0 atom stereocenters. The fourth-order valence-electron chi connectivity index (χ4n) is 6.30. The first-order valence-corrected chi connectivity index (χ1v) is 16.3. The van der Waals surface area contributed by atoms with Gasteiger partial charge in [0.1, 0.15) is 0 Å². The summed E-state index contributed by atoms with van der Waals surface area (Å²) in [6.07, 6.45) is 0. The Labute approximate surface area is 320 Å². The summed E-state index contributed by atoms with van der Waals surface area (Å²) in [5.74, 6) is 0. The predicted octanol–water partition coefficient (Wildman–Crippen LogP) is 14.1. The van der Waals surface area contributed by atoms with Crippen molar-refractivity contribution in [3.63, 3.8) is 0 Å². The van der Waals surface area contributed by atoms with E-state index in [2.05, 4.69) is 0 Å². The SMILES string of the molecule is [2H]c1c([2H])c(N(c2c([2H])c([2H])c(-c3ccc4ccccc4c3-c3ccccc3)c([2H])c2[2H])c2c([2H])c([2H])c([2H])c3c([2H])c([2H])c([2H])c([2H])c23)c([2H])c([2H])c1-c1cccc(-c2ccccc2)c1. The van der Waals surface area contributed by atoms with Crippen molar-refractivity contribution in [2.75, 3.05) is 4.90 Å². The number of hydrogen-bond acceptors (Lipinski definition) is 1. The van der Waals surface area contributed by atoms with Crippen LogP contribution < -0.4 is 4.90 Å².